The number of fused-ring (bicyclic) bond motifs is 2. The minimum absolute atomic E-state index is 0.0266. The third kappa shape index (κ3) is 4.18. The number of imidazole rings is 1. The summed E-state index contributed by atoms with van der Waals surface area (Å²) in [4.78, 5) is 53.1. The number of nitrogens with one attached hydrogen (secondary N) is 2. The average molecular weight is 549 g/mol. The van der Waals surface area contributed by atoms with Crippen molar-refractivity contribution in [2.45, 2.75) is 76.4 Å². The molecule has 4 aliphatic rings. The smallest absolute Gasteiger partial charge is 0.296 e. The number of benzene rings is 1. The maximum atomic E-state index is 13.7. The van der Waals surface area contributed by atoms with Crippen molar-refractivity contribution >= 4 is 11.8 Å². The van der Waals surface area contributed by atoms with E-state index >= 15 is 0 Å². The van der Waals surface area contributed by atoms with E-state index in [0.717, 1.165) is 18.4 Å². The fraction of sp³-hybridized carbons (Fsp3) is 0.483. The summed E-state index contributed by atoms with van der Waals surface area (Å²) in [6, 6.07) is 4.89. The molecular formula is C29H33FN6O4. The summed E-state index contributed by atoms with van der Waals surface area (Å²) in [7, 11) is 1.64. The molecule has 0 atom stereocenters. The van der Waals surface area contributed by atoms with Gasteiger partial charge in [0.2, 0.25) is 17.6 Å². The predicted octanol–water partition coefficient (Wildman–Crippen LogP) is 2.90. The van der Waals surface area contributed by atoms with Gasteiger partial charge in [-0.15, -0.1) is 0 Å². The van der Waals surface area contributed by atoms with Crippen LogP contribution in [0.1, 0.15) is 68.1 Å². The molecule has 11 heteroatoms. The number of halogens is 1. The Balaban J connectivity index is 1.37. The summed E-state index contributed by atoms with van der Waals surface area (Å²) in [6.07, 6.45) is 6.03. The van der Waals surface area contributed by atoms with Crippen LogP contribution in [0.4, 0.5) is 4.39 Å². The maximum Gasteiger partial charge on any atom is 0.296 e. The standard InChI is InChI=1S/C29H33FN6O4/c1-16-12-19(4-5-21(16)30)13-20-14-31-24(32-20)22-23(38)25(39)36-15-18-6-8-28(9-7-18,26(36)33-22)34-27(40)29(10-11-29)35(3)17(2)37/h4-5,12,14,18,38H,6-11,13,15H2,1-3H3,(H,31,32)(H,34,40). The van der Waals surface area contributed by atoms with E-state index in [1.54, 1.807) is 32.3 Å². The number of hydrogen-bond acceptors (Lipinski definition) is 6. The first-order valence-corrected chi connectivity index (χ1v) is 13.7. The predicted molar refractivity (Wildman–Crippen MR) is 144 cm³/mol. The number of carbonyl (C=O) groups is 2. The van der Waals surface area contributed by atoms with Crippen LogP contribution in [0.3, 0.4) is 0 Å². The highest BCUT2D eigenvalue weighted by molar-refractivity contribution is 5.94. The Labute approximate surface area is 230 Å². The second kappa shape index (κ2) is 9.28. The fourth-order valence-electron chi connectivity index (χ4n) is 6.33. The van der Waals surface area contributed by atoms with Gasteiger partial charge in [-0.2, -0.15) is 0 Å². The van der Waals surface area contributed by atoms with E-state index < -0.39 is 22.4 Å². The second-order valence-electron chi connectivity index (χ2n) is 11.7. The summed E-state index contributed by atoms with van der Waals surface area (Å²) in [6.45, 7) is 3.56. The molecule has 2 bridgehead atoms. The zero-order valence-electron chi connectivity index (χ0n) is 22.9. The molecule has 3 aromatic rings. The number of aromatic amines is 1. The van der Waals surface area contributed by atoms with Crippen LogP contribution in [0.5, 0.6) is 5.75 Å². The van der Waals surface area contributed by atoms with Gasteiger partial charge in [0.1, 0.15) is 17.2 Å². The lowest BCUT2D eigenvalue weighted by molar-refractivity contribution is -0.140. The molecule has 0 radical (unpaired) electrons. The third-order valence-electron chi connectivity index (χ3n) is 9.06. The molecule has 0 spiro atoms. The van der Waals surface area contributed by atoms with Gasteiger partial charge in [0.05, 0.1) is 5.54 Å². The fourth-order valence-corrected chi connectivity index (χ4v) is 6.33. The lowest BCUT2D eigenvalue weighted by Crippen LogP contribution is -2.57. The Hall–Kier alpha value is -4.02. The van der Waals surface area contributed by atoms with Crippen molar-refractivity contribution in [1.29, 1.82) is 0 Å². The lowest BCUT2D eigenvalue weighted by atomic mass is 9.77. The van der Waals surface area contributed by atoms with Crippen LogP contribution in [-0.2, 0) is 28.1 Å². The van der Waals surface area contributed by atoms with Crippen LogP contribution in [-0.4, -0.2) is 53.9 Å². The van der Waals surface area contributed by atoms with Gasteiger partial charge in [0.25, 0.3) is 5.56 Å². The number of aromatic nitrogens is 4. The number of aromatic hydroxyl groups is 1. The van der Waals surface area contributed by atoms with E-state index in [4.69, 9.17) is 4.98 Å². The molecule has 2 aromatic heterocycles. The van der Waals surface area contributed by atoms with Gasteiger partial charge < -0.3 is 20.3 Å². The number of hydrogen-bond donors (Lipinski definition) is 3. The quantitative estimate of drug-likeness (QED) is 0.434. The largest absolute Gasteiger partial charge is 0.501 e. The molecule has 2 aliphatic heterocycles. The van der Waals surface area contributed by atoms with E-state index in [0.29, 0.717) is 55.7 Å². The first-order valence-electron chi connectivity index (χ1n) is 13.7. The first kappa shape index (κ1) is 26.2. The Kier molecular flexibility index (Phi) is 6.08. The molecule has 1 aromatic carbocycles. The van der Waals surface area contributed by atoms with Crippen molar-refractivity contribution in [1.82, 2.24) is 29.7 Å². The third-order valence-corrected chi connectivity index (χ3v) is 9.06. The monoisotopic (exact) mass is 548 g/mol. The zero-order chi connectivity index (χ0) is 28.4. The van der Waals surface area contributed by atoms with Gasteiger partial charge in [-0.3, -0.25) is 19.0 Å². The summed E-state index contributed by atoms with van der Waals surface area (Å²) < 4.78 is 15.2. The Bertz CT molecular complexity index is 1580. The van der Waals surface area contributed by atoms with E-state index in [1.807, 2.05) is 0 Å². The van der Waals surface area contributed by atoms with Crippen molar-refractivity contribution in [3.8, 4) is 17.3 Å². The minimum atomic E-state index is -0.903. The average Bonchev–Trinajstić information content (AvgIpc) is 3.67. The number of aryl methyl sites for hydroxylation is 1. The number of carbonyl (C=O) groups excluding carboxylic acids is 2. The number of rotatable bonds is 6. The van der Waals surface area contributed by atoms with Crippen LogP contribution in [0, 0.1) is 18.7 Å². The molecule has 2 aliphatic carbocycles. The van der Waals surface area contributed by atoms with Crippen molar-refractivity contribution in [2.24, 2.45) is 5.92 Å². The van der Waals surface area contributed by atoms with Crippen LogP contribution < -0.4 is 10.9 Å². The molecule has 2 amide bonds. The molecule has 210 valence electrons. The van der Waals surface area contributed by atoms with Gasteiger partial charge in [-0.05, 0) is 68.6 Å². The molecule has 40 heavy (non-hydrogen) atoms. The van der Waals surface area contributed by atoms with E-state index in [1.165, 1.54) is 22.5 Å². The topological polar surface area (TPSA) is 133 Å². The van der Waals surface area contributed by atoms with E-state index in [9.17, 15) is 23.9 Å². The van der Waals surface area contributed by atoms with Gasteiger partial charge in [-0.1, -0.05) is 12.1 Å². The van der Waals surface area contributed by atoms with Gasteiger partial charge >= 0.3 is 0 Å². The Morgan fingerprint density at radius 3 is 2.62 bits per heavy atom. The van der Waals surface area contributed by atoms with Gasteiger partial charge in [0, 0.05) is 38.8 Å². The second-order valence-corrected chi connectivity index (χ2v) is 11.7. The van der Waals surface area contributed by atoms with Crippen LogP contribution in [0.15, 0.2) is 29.2 Å². The molecule has 4 heterocycles. The van der Waals surface area contributed by atoms with Crippen LogP contribution >= 0.6 is 0 Å². The van der Waals surface area contributed by atoms with Crippen molar-refractivity contribution < 1.29 is 19.1 Å². The van der Waals surface area contributed by atoms with Gasteiger partial charge in [-0.25, -0.2) is 14.4 Å². The van der Waals surface area contributed by atoms with E-state index in [-0.39, 0.29) is 35.1 Å². The molecular weight excluding hydrogens is 515 g/mol. The Morgan fingerprint density at radius 2 is 1.98 bits per heavy atom. The minimum Gasteiger partial charge on any atom is -0.501 e. The summed E-state index contributed by atoms with van der Waals surface area (Å²) in [5, 5.41) is 14.2. The Morgan fingerprint density at radius 1 is 1.25 bits per heavy atom. The molecule has 0 unspecified atom stereocenters. The van der Waals surface area contributed by atoms with Crippen molar-refractivity contribution in [3.05, 3.63) is 63.2 Å². The number of H-pyrrole nitrogens is 1. The summed E-state index contributed by atoms with van der Waals surface area (Å²) in [5.74, 6) is -0.310. The zero-order valence-corrected chi connectivity index (χ0v) is 22.9. The van der Waals surface area contributed by atoms with Crippen molar-refractivity contribution in [3.63, 3.8) is 0 Å². The van der Waals surface area contributed by atoms with Crippen LogP contribution in [0.25, 0.3) is 11.5 Å². The summed E-state index contributed by atoms with van der Waals surface area (Å²) in [5.41, 5.74) is -0.190. The molecule has 2 fully saturated rings. The first-order chi connectivity index (χ1) is 19.0. The molecule has 10 nitrogen and oxygen atoms in total. The molecule has 0 saturated heterocycles. The SMILES string of the molecule is CC(=O)N(C)C1(C(=O)NC23CCC(CC2)Cn2c3nc(-c3ncc(Cc4ccc(F)c(C)c4)[nH]3)c(O)c2=O)CC1. The normalized spacial score (nSPS) is 22.4. The number of likely N-dealkylation sites (N-methyl/N-ethyl adjacent to an activating group) is 1. The number of amides is 2. The molecule has 2 saturated carbocycles. The van der Waals surface area contributed by atoms with Crippen LogP contribution in [0.2, 0.25) is 0 Å². The van der Waals surface area contributed by atoms with Gasteiger partial charge in [0.15, 0.2) is 11.5 Å². The highest BCUT2D eigenvalue weighted by Crippen LogP contribution is 2.46. The van der Waals surface area contributed by atoms with Crippen molar-refractivity contribution in [2.75, 3.05) is 7.05 Å². The van der Waals surface area contributed by atoms with E-state index in [2.05, 4.69) is 15.3 Å². The highest BCUT2D eigenvalue weighted by atomic mass is 19.1. The number of nitrogens with zero attached hydrogens (tertiary/aromatic N) is 4. The lowest BCUT2D eigenvalue weighted by Gasteiger charge is -2.39. The maximum absolute atomic E-state index is 13.7. The molecule has 7 rings (SSSR count). The summed E-state index contributed by atoms with van der Waals surface area (Å²) >= 11 is 0. The molecule has 3 N–H and O–H groups in total. The highest BCUT2D eigenvalue weighted by Gasteiger charge is 2.57.